The second-order valence-electron chi connectivity index (χ2n) is 2.86. The van der Waals surface area contributed by atoms with Gasteiger partial charge < -0.3 is 0 Å². The summed E-state index contributed by atoms with van der Waals surface area (Å²) in [5.74, 6) is 2.26. The van der Waals surface area contributed by atoms with Crippen LogP contribution in [0.5, 0.6) is 0 Å². The van der Waals surface area contributed by atoms with Gasteiger partial charge in [-0.2, -0.15) is 0 Å². The SMILES string of the molecule is C[Se]C1(C(C)=O)CCCC1=O. The molecule has 1 aliphatic carbocycles. The molecule has 2 nitrogen and oxygen atoms in total. The van der Waals surface area contributed by atoms with Crippen LogP contribution in [0.15, 0.2) is 0 Å². The van der Waals surface area contributed by atoms with E-state index < -0.39 is 4.31 Å². The summed E-state index contributed by atoms with van der Waals surface area (Å²) in [5, 5.41) is 0. The number of hydrogen-bond donors (Lipinski definition) is 0. The molecule has 1 saturated carbocycles. The molecular formula is C8H12O2Se. The Morgan fingerprint density at radius 1 is 1.64 bits per heavy atom. The summed E-state index contributed by atoms with van der Waals surface area (Å²) in [6.45, 7) is 1.55. The molecule has 62 valence electrons. The summed E-state index contributed by atoms with van der Waals surface area (Å²) in [6.07, 6.45) is 2.33. The second kappa shape index (κ2) is 3.08. The van der Waals surface area contributed by atoms with Crippen molar-refractivity contribution in [2.75, 3.05) is 0 Å². The number of hydrogen-bond acceptors (Lipinski definition) is 2. The van der Waals surface area contributed by atoms with E-state index in [2.05, 4.69) is 0 Å². The van der Waals surface area contributed by atoms with Crippen LogP contribution in [0.4, 0.5) is 0 Å². The third-order valence-electron chi connectivity index (χ3n) is 2.30. The third-order valence-corrected chi connectivity index (χ3v) is 5.27. The van der Waals surface area contributed by atoms with E-state index in [0.717, 1.165) is 12.8 Å². The van der Waals surface area contributed by atoms with Gasteiger partial charge >= 0.3 is 72.4 Å². The van der Waals surface area contributed by atoms with Crippen LogP contribution in [-0.2, 0) is 9.59 Å². The van der Waals surface area contributed by atoms with Gasteiger partial charge in [-0.25, -0.2) is 0 Å². The molecule has 0 heterocycles. The van der Waals surface area contributed by atoms with E-state index in [0.29, 0.717) is 6.42 Å². The molecular weight excluding hydrogens is 207 g/mol. The van der Waals surface area contributed by atoms with E-state index >= 15 is 0 Å². The fourth-order valence-electron chi connectivity index (χ4n) is 1.57. The minimum absolute atomic E-state index is 0.0856. The number of ketones is 2. The molecule has 0 spiro atoms. The molecule has 0 aromatic rings. The molecule has 0 amide bonds. The Morgan fingerprint density at radius 2 is 2.27 bits per heavy atom. The van der Waals surface area contributed by atoms with Crippen LogP contribution in [0.1, 0.15) is 26.2 Å². The van der Waals surface area contributed by atoms with Crippen LogP contribution in [-0.4, -0.2) is 26.5 Å². The topological polar surface area (TPSA) is 34.1 Å². The molecule has 0 N–H and O–H groups in total. The van der Waals surface area contributed by atoms with Gasteiger partial charge in [0.15, 0.2) is 0 Å². The van der Waals surface area contributed by atoms with Gasteiger partial charge in [0.05, 0.1) is 0 Å². The van der Waals surface area contributed by atoms with Gasteiger partial charge in [-0.1, -0.05) is 0 Å². The van der Waals surface area contributed by atoms with E-state index in [4.69, 9.17) is 0 Å². The summed E-state index contributed by atoms with van der Waals surface area (Å²) in [6, 6.07) is 0. The zero-order chi connectivity index (χ0) is 8.48. The average molecular weight is 219 g/mol. The molecule has 1 atom stereocenters. The molecule has 0 aromatic heterocycles. The van der Waals surface area contributed by atoms with Gasteiger partial charge in [-0.3, -0.25) is 0 Å². The van der Waals surface area contributed by atoms with Crippen LogP contribution < -0.4 is 0 Å². The monoisotopic (exact) mass is 220 g/mol. The molecule has 3 heteroatoms. The fraction of sp³-hybridized carbons (Fsp3) is 0.750. The molecule has 1 aliphatic rings. The van der Waals surface area contributed by atoms with Crippen LogP contribution in [0.3, 0.4) is 0 Å². The van der Waals surface area contributed by atoms with Crippen molar-refractivity contribution in [3.8, 4) is 0 Å². The predicted molar refractivity (Wildman–Crippen MR) is 43.9 cm³/mol. The van der Waals surface area contributed by atoms with Crippen molar-refractivity contribution >= 4 is 26.5 Å². The zero-order valence-electron chi connectivity index (χ0n) is 6.85. The first kappa shape index (κ1) is 8.95. The molecule has 1 unspecified atom stereocenters. The van der Waals surface area contributed by atoms with Gasteiger partial charge in [0.2, 0.25) is 0 Å². The van der Waals surface area contributed by atoms with Gasteiger partial charge in [0.1, 0.15) is 0 Å². The Labute approximate surface area is 72.9 Å². The third kappa shape index (κ3) is 1.27. The summed E-state index contributed by atoms with van der Waals surface area (Å²) < 4.78 is -0.521. The van der Waals surface area contributed by atoms with Crippen molar-refractivity contribution in [1.82, 2.24) is 0 Å². The van der Waals surface area contributed by atoms with Crippen LogP contribution in [0, 0.1) is 0 Å². The predicted octanol–water partition coefficient (Wildman–Crippen LogP) is 1.24. The van der Waals surface area contributed by atoms with E-state index in [1.807, 2.05) is 5.82 Å². The van der Waals surface area contributed by atoms with Crippen molar-refractivity contribution < 1.29 is 9.59 Å². The fourth-order valence-corrected chi connectivity index (χ4v) is 3.60. The van der Waals surface area contributed by atoms with Crippen LogP contribution in [0.2, 0.25) is 10.1 Å². The molecule has 1 rings (SSSR count). The van der Waals surface area contributed by atoms with Gasteiger partial charge in [-0.15, -0.1) is 0 Å². The first-order valence-corrected chi connectivity index (χ1v) is 6.30. The van der Waals surface area contributed by atoms with E-state index in [1.54, 1.807) is 6.92 Å². The first-order chi connectivity index (χ1) is 5.13. The zero-order valence-corrected chi connectivity index (χ0v) is 8.56. The van der Waals surface area contributed by atoms with Gasteiger partial charge in [0, 0.05) is 0 Å². The van der Waals surface area contributed by atoms with Crippen LogP contribution in [0.25, 0.3) is 0 Å². The van der Waals surface area contributed by atoms with E-state index in [9.17, 15) is 9.59 Å². The van der Waals surface area contributed by atoms with Crippen molar-refractivity contribution in [2.45, 2.75) is 36.3 Å². The molecule has 0 radical (unpaired) electrons. The first-order valence-electron chi connectivity index (χ1n) is 3.73. The number of Topliss-reactive ketones (excluding diaryl/α,β-unsaturated/α-hetero) is 2. The number of rotatable bonds is 2. The molecule has 0 aliphatic heterocycles. The van der Waals surface area contributed by atoms with Crippen molar-refractivity contribution in [2.24, 2.45) is 0 Å². The van der Waals surface area contributed by atoms with E-state index in [1.165, 1.54) is 0 Å². The molecule has 0 saturated heterocycles. The van der Waals surface area contributed by atoms with Crippen molar-refractivity contribution in [3.63, 3.8) is 0 Å². The quantitative estimate of drug-likeness (QED) is 0.517. The van der Waals surface area contributed by atoms with Gasteiger partial charge in [-0.05, 0) is 0 Å². The average Bonchev–Trinajstić information content (AvgIpc) is 2.32. The molecule has 0 bridgehead atoms. The second-order valence-corrected chi connectivity index (χ2v) is 5.18. The summed E-state index contributed by atoms with van der Waals surface area (Å²) >= 11 is 0.145. The van der Waals surface area contributed by atoms with E-state index in [-0.39, 0.29) is 26.5 Å². The minimum atomic E-state index is -0.521. The maximum absolute atomic E-state index is 11.4. The maximum atomic E-state index is 11.4. The van der Waals surface area contributed by atoms with Crippen LogP contribution >= 0.6 is 0 Å². The molecule has 1 fully saturated rings. The van der Waals surface area contributed by atoms with Crippen molar-refractivity contribution in [1.29, 1.82) is 0 Å². The summed E-state index contributed by atoms with van der Waals surface area (Å²) in [4.78, 5) is 22.6. The number of carbonyl (C=O) groups is 2. The standard InChI is InChI=1S/C8H12O2Se/c1-6(9)8(11-2)5-3-4-7(8)10/h3-5H2,1-2H3. The Hall–Kier alpha value is -0.141. The summed E-state index contributed by atoms with van der Waals surface area (Å²) in [7, 11) is 0. The Bertz CT molecular complexity index is 200. The summed E-state index contributed by atoms with van der Waals surface area (Å²) in [5.41, 5.74) is 0. The Morgan fingerprint density at radius 3 is 2.45 bits per heavy atom. The van der Waals surface area contributed by atoms with Crippen molar-refractivity contribution in [3.05, 3.63) is 0 Å². The Kier molecular flexibility index (Phi) is 2.50. The number of carbonyl (C=O) groups excluding carboxylic acids is 2. The molecule has 11 heavy (non-hydrogen) atoms. The normalized spacial score (nSPS) is 30.9. The Balaban J connectivity index is 2.91. The van der Waals surface area contributed by atoms with Gasteiger partial charge in [0.25, 0.3) is 0 Å². The molecule has 0 aromatic carbocycles.